The lowest BCUT2D eigenvalue weighted by Gasteiger charge is -2.38. The summed E-state index contributed by atoms with van der Waals surface area (Å²) < 4.78 is 0. The van der Waals surface area contributed by atoms with Crippen LogP contribution in [-0.4, -0.2) is 65.1 Å². The van der Waals surface area contributed by atoms with Gasteiger partial charge in [-0.25, -0.2) is 4.79 Å². The van der Waals surface area contributed by atoms with Gasteiger partial charge in [-0.15, -0.1) is 11.8 Å². The molecule has 7 nitrogen and oxygen atoms in total. The van der Waals surface area contributed by atoms with Crippen molar-refractivity contribution in [2.75, 3.05) is 24.7 Å². The quantitative estimate of drug-likeness (QED) is 0.786. The first-order chi connectivity index (χ1) is 12.6. The van der Waals surface area contributed by atoms with E-state index in [4.69, 9.17) is 0 Å². The Morgan fingerprint density at radius 2 is 2.00 bits per heavy atom. The minimum absolute atomic E-state index is 0.0319. The Balaban J connectivity index is 1.39. The molecule has 1 aromatic rings. The first-order valence-electron chi connectivity index (χ1n) is 8.89. The van der Waals surface area contributed by atoms with E-state index in [0.29, 0.717) is 19.5 Å². The SMILES string of the molecule is CSc1cccc(NC(=O)NC2CC3C(=O)N4CCCC4C(=O)N3C2)c1. The number of benzene rings is 1. The predicted octanol–water partition coefficient (Wildman–Crippen LogP) is 1.50. The van der Waals surface area contributed by atoms with Crippen molar-refractivity contribution in [2.45, 2.75) is 42.3 Å². The molecule has 4 amide bonds. The molecule has 138 valence electrons. The van der Waals surface area contributed by atoms with Crippen molar-refractivity contribution in [1.29, 1.82) is 0 Å². The van der Waals surface area contributed by atoms with Crippen molar-refractivity contribution in [3.05, 3.63) is 24.3 Å². The van der Waals surface area contributed by atoms with Crippen molar-refractivity contribution in [2.24, 2.45) is 0 Å². The molecule has 0 bridgehead atoms. The van der Waals surface area contributed by atoms with Gasteiger partial charge < -0.3 is 20.4 Å². The van der Waals surface area contributed by atoms with E-state index >= 15 is 0 Å². The van der Waals surface area contributed by atoms with Crippen LogP contribution in [0.4, 0.5) is 10.5 Å². The Hall–Kier alpha value is -2.22. The molecule has 3 atom stereocenters. The van der Waals surface area contributed by atoms with Crippen LogP contribution in [-0.2, 0) is 9.59 Å². The maximum Gasteiger partial charge on any atom is 0.319 e. The van der Waals surface area contributed by atoms with Crippen LogP contribution in [0, 0.1) is 0 Å². The van der Waals surface area contributed by atoms with E-state index in [1.54, 1.807) is 21.6 Å². The molecule has 8 heteroatoms. The van der Waals surface area contributed by atoms with Gasteiger partial charge in [0.15, 0.2) is 0 Å². The van der Waals surface area contributed by atoms with Crippen LogP contribution in [0.5, 0.6) is 0 Å². The number of carbonyl (C=O) groups is 3. The average Bonchev–Trinajstić information content (AvgIpc) is 3.27. The third kappa shape index (κ3) is 3.02. The Kier molecular flexibility index (Phi) is 4.52. The number of rotatable bonds is 3. The predicted molar refractivity (Wildman–Crippen MR) is 99.0 cm³/mol. The van der Waals surface area contributed by atoms with E-state index in [9.17, 15) is 14.4 Å². The van der Waals surface area contributed by atoms with Crippen molar-refractivity contribution in [3.8, 4) is 0 Å². The van der Waals surface area contributed by atoms with E-state index in [-0.39, 0.29) is 29.9 Å². The van der Waals surface area contributed by atoms with Crippen molar-refractivity contribution in [3.63, 3.8) is 0 Å². The second kappa shape index (κ2) is 6.83. The summed E-state index contributed by atoms with van der Waals surface area (Å²) in [5.74, 6) is 0.0639. The molecule has 0 saturated carbocycles. The number of hydrogen-bond donors (Lipinski definition) is 2. The van der Waals surface area contributed by atoms with Crippen LogP contribution in [0.25, 0.3) is 0 Å². The first-order valence-corrected chi connectivity index (χ1v) is 10.1. The number of nitrogens with zero attached hydrogens (tertiary/aromatic N) is 2. The Morgan fingerprint density at radius 1 is 1.19 bits per heavy atom. The fourth-order valence-corrected chi connectivity index (χ4v) is 4.60. The van der Waals surface area contributed by atoms with Crippen molar-refractivity contribution in [1.82, 2.24) is 15.1 Å². The van der Waals surface area contributed by atoms with E-state index < -0.39 is 6.04 Å². The van der Waals surface area contributed by atoms with Gasteiger partial charge in [0, 0.05) is 23.7 Å². The summed E-state index contributed by atoms with van der Waals surface area (Å²) in [7, 11) is 0. The van der Waals surface area contributed by atoms with Crippen LogP contribution in [0.1, 0.15) is 19.3 Å². The molecule has 3 unspecified atom stereocenters. The van der Waals surface area contributed by atoms with Gasteiger partial charge in [0.25, 0.3) is 0 Å². The lowest BCUT2D eigenvalue weighted by Crippen LogP contribution is -2.60. The standard InChI is InChI=1S/C18H22N4O3S/c1-26-13-5-2-4-11(8-13)19-18(25)20-12-9-15-17(24)21-7-3-6-14(21)16(23)22(15)10-12/h2,4-5,8,12,14-15H,3,6-7,9-10H2,1H3,(H2,19,20,25). The Labute approximate surface area is 156 Å². The van der Waals surface area contributed by atoms with Crippen LogP contribution in [0.2, 0.25) is 0 Å². The molecule has 0 aliphatic carbocycles. The number of piperazine rings is 1. The zero-order valence-electron chi connectivity index (χ0n) is 14.6. The summed E-state index contributed by atoms with van der Waals surface area (Å²) in [5, 5.41) is 5.73. The van der Waals surface area contributed by atoms with E-state index in [1.165, 1.54) is 0 Å². The number of carbonyl (C=O) groups excluding carboxylic acids is 3. The molecule has 3 saturated heterocycles. The van der Waals surface area contributed by atoms with Gasteiger partial charge in [-0.1, -0.05) is 6.07 Å². The highest BCUT2D eigenvalue weighted by Crippen LogP contribution is 2.32. The summed E-state index contributed by atoms with van der Waals surface area (Å²) in [6, 6.07) is 6.36. The highest BCUT2D eigenvalue weighted by molar-refractivity contribution is 7.98. The summed E-state index contributed by atoms with van der Waals surface area (Å²) in [4.78, 5) is 42.0. The molecule has 26 heavy (non-hydrogen) atoms. The molecule has 1 aromatic carbocycles. The number of amides is 4. The Bertz CT molecular complexity index is 726. The zero-order chi connectivity index (χ0) is 18.3. The monoisotopic (exact) mass is 374 g/mol. The maximum atomic E-state index is 12.6. The molecular formula is C18H22N4O3S. The van der Waals surface area contributed by atoms with Crippen LogP contribution in [0.3, 0.4) is 0 Å². The van der Waals surface area contributed by atoms with Gasteiger partial charge in [0.1, 0.15) is 12.1 Å². The lowest BCUT2D eigenvalue weighted by atomic mass is 10.1. The lowest BCUT2D eigenvalue weighted by molar-refractivity contribution is -0.156. The molecule has 0 aromatic heterocycles. The molecule has 3 aliphatic heterocycles. The zero-order valence-corrected chi connectivity index (χ0v) is 15.4. The third-order valence-electron chi connectivity index (χ3n) is 5.35. The van der Waals surface area contributed by atoms with Gasteiger partial charge in [-0.05, 0) is 43.7 Å². The van der Waals surface area contributed by atoms with Gasteiger partial charge >= 0.3 is 6.03 Å². The second-order valence-electron chi connectivity index (χ2n) is 6.96. The molecular weight excluding hydrogens is 352 g/mol. The number of anilines is 1. The van der Waals surface area contributed by atoms with E-state index in [2.05, 4.69) is 10.6 Å². The van der Waals surface area contributed by atoms with Crippen LogP contribution in [0.15, 0.2) is 29.2 Å². The summed E-state index contributed by atoms with van der Waals surface area (Å²) in [6.45, 7) is 1.07. The van der Waals surface area contributed by atoms with E-state index in [1.807, 2.05) is 30.5 Å². The highest BCUT2D eigenvalue weighted by atomic mass is 32.2. The molecule has 3 fully saturated rings. The molecule has 4 rings (SSSR count). The van der Waals surface area contributed by atoms with Gasteiger partial charge in [0.2, 0.25) is 11.8 Å². The molecule has 0 spiro atoms. The van der Waals surface area contributed by atoms with Gasteiger partial charge in [0.05, 0.1) is 6.04 Å². The number of urea groups is 1. The van der Waals surface area contributed by atoms with Gasteiger partial charge in [-0.2, -0.15) is 0 Å². The van der Waals surface area contributed by atoms with Crippen LogP contribution >= 0.6 is 11.8 Å². The number of nitrogens with one attached hydrogen (secondary N) is 2. The summed E-state index contributed by atoms with van der Waals surface area (Å²) >= 11 is 1.61. The average molecular weight is 374 g/mol. The minimum Gasteiger partial charge on any atom is -0.333 e. The maximum absolute atomic E-state index is 12.6. The third-order valence-corrected chi connectivity index (χ3v) is 6.08. The van der Waals surface area contributed by atoms with Crippen LogP contribution < -0.4 is 10.6 Å². The summed E-state index contributed by atoms with van der Waals surface area (Å²) in [6.07, 6.45) is 4.10. The molecule has 3 aliphatic rings. The fourth-order valence-electron chi connectivity index (χ4n) is 4.14. The minimum atomic E-state index is -0.429. The largest absolute Gasteiger partial charge is 0.333 e. The first kappa shape index (κ1) is 17.2. The second-order valence-corrected chi connectivity index (χ2v) is 7.84. The number of fused-ring (bicyclic) bond motifs is 2. The normalized spacial score (nSPS) is 27.3. The van der Waals surface area contributed by atoms with Gasteiger partial charge in [-0.3, -0.25) is 9.59 Å². The highest BCUT2D eigenvalue weighted by Gasteiger charge is 2.51. The fraction of sp³-hybridized carbons (Fsp3) is 0.500. The molecule has 2 N–H and O–H groups in total. The van der Waals surface area contributed by atoms with E-state index in [0.717, 1.165) is 23.4 Å². The summed E-state index contributed by atoms with van der Waals surface area (Å²) in [5.41, 5.74) is 0.720. The number of thioether (sulfide) groups is 1. The smallest absolute Gasteiger partial charge is 0.319 e. The molecule has 0 radical (unpaired) electrons. The molecule has 3 heterocycles. The number of hydrogen-bond acceptors (Lipinski definition) is 4. The van der Waals surface area contributed by atoms with Crippen molar-refractivity contribution < 1.29 is 14.4 Å². The Morgan fingerprint density at radius 3 is 2.81 bits per heavy atom. The van der Waals surface area contributed by atoms with Crippen molar-refractivity contribution >= 4 is 35.3 Å². The topological polar surface area (TPSA) is 81.8 Å².